The lowest BCUT2D eigenvalue weighted by Crippen LogP contribution is -2.09. The molecule has 0 saturated heterocycles. The van der Waals surface area contributed by atoms with Gasteiger partial charge in [0, 0.05) is 5.02 Å². The van der Waals surface area contributed by atoms with Crippen LogP contribution in [0.1, 0.15) is 42.0 Å². The van der Waals surface area contributed by atoms with Crippen molar-refractivity contribution in [3.05, 3.63) is 57.6 Å². The molecule has 0 radical (unpaired) electrons. The second kappa shape index (κ2) is 7.58. The van der Waals surface area contributed by atoms with E-state index in [9.17, 15) is 9.90 Å². The number of aliphatic carboxylic acids is 1. The zero-order valence-corrected chi connectivity index (χ0v) is 14.7. The van der Waals surface area contributed by atoms with E-state index in [2.05, 4.69) is 0 Å². The van der Waals surface area contributed by atoms with Crippen LogP contribution in [0.3, 0.4) is 0 Å². The molecule has 0 atom stereocenters. The average Bonchev–Trinajstić information content (AvgIpc) is 2.50. The second-order valence-electron chi connectivity index (χ2n) is 6.11. The number of ether oxygens (including phenoxy) is 1. The summed E-state index contributed by atoms with van der Waals surface area (Å²) in [5.41, 5.74) is 3.85. The average molecular weight is 349 g/mol. The van der Waals surface area contributed by atoms with Crippen LogP contribution in [0, 0.1) is 6.92 Å². The molecule has 0 amide bonds. The van der Waals surface area contributed by atoms with Gasteiger partial charge in [-0.2, -0.15) is 0 Å². The summed E-state index contributed by atoms with van der Waals surface area (Å²) in [5, 5.41) is 19.1. The van der Waals surface area contributed by atoms with Crippen LogP contribution < -0.4 is 4.74 Å². The number of halogens is 1. The molecular weight excluding hydrogens is 328 g/mol. The van der Waals surface area contributed by atoms with Crippen molar-refractivity contribution in [3.8, 4) is 11.5 Å². The molecule has 2 aromatic carbocycles. The van der Waals surface area contributed by atoms with E-state index in [0.29, 0.717) is 22.9 Å². The van der Waals surface area contributed by atoms with Crippen molar-refractivity contribution < 1.29 is 19.7 Å². The highest BCUT2D eigenvalue weighted by atomic mass is 35.5. The first kappa shape index (κ1) is 18.1. The number of aryl methyl sites for hydroxylation is 1. The Kier molecular flexibility index (Phi) is 5.73. The molecule has 0 saturated carbocycles. The van der Waals surface area contributed by atoms with Crippen LogP contribution in [0.5, 0.6) is 11.5 Å². The maximum atomic E-state index is 10.6. The number of carboxylic acids is 1. The molecule has 4 nitrogen and oxygen atoms in total. The number of rotatable bonds is 6. The van der Waals surface area contributed by atoms with Crippen LogP contribution >= 0.6 is 11.6 Å². The van der Waals surface area contributed by atoms with Crippen molar-refractivity contribution in [2.24, 2.45) is 0 Å². The molecular formula is C19H21ClO4. The Morgan fingerprint density at radius 3 is 2.54 bits per heavy atom. The van der Waals surface area contributed by atoms with Gasteiger partial charge in [0.05, 0.1) is 0 Å². The Bertz CT molecular complexity index is 730. The molecule has 0 bridgehead atoms. The third-order valence-electron chi connectivity index (χ3n) is 3.85. The van der Waals surface area contributed by atoms with Gasteiger partial charge < -0.3 is 14.9 Å². The highest BCUT2D eigenvalue weighted by Crippen LogP contribution is 2.31. The van der Waals surface area contributed by atoms with Crippen LogP contribution in [0.15, 0.2) is 30.3 Å². The van der Waals surface area contributed by atoms with Gasteiger partial charge in [-0.3, -0.25) is 0 Å². The minimum absolute atomic E-state index is 0.230. The highest BCUT2D eigenvalue weighted by Gasteiger charge is 2.12. The maximum absolute atomic E-state index is 10.6. The molecule has 0 fully saturated rings. The summed E-state index contributed by atoms with van der Waals surface area (Å²) in [6.45, 7) is 5.58. The Morgan fingerprint density at radius 2 is 1.96 bits per heavy atom. The van der Waals surface area contributed by atoms with Gasteiger partial charge in [0.25, 0.3) is 0 Å². The topological polar surface area (TPSA) is 66.8 Å². The molecule has 2 N–H and O–H groups in total. The van der Waals surface area contributed by atoms with E-state index in [0.717, 1.165) is 22.3 Å². The summed E-state index contributed by atoms with van der Waals surface area (Å²) < 4.78 is 5.18. The molecule has 0 aliphatic carbocycles. The molecule has 0 heterocycles. The normalized spacial score (nSPS) is 10.9. The number of carbonyl (C=O) groups is 1. The van der Waals surface area contributed by atoms with Gasteiger partial charge in [-0.05, 0) is 59.7 Å². The molecule has 0 spiro atoms. The van der Waals surface area contributed by atoms with E-state index >= 15 is 0 Å². The molecule has 0 aromatic heterocycles. The SMILES string of the molecule is Cc1cc(OCC(=O)O)cc(Cl)c1Cc1ccc(O)c(C(C)C)c1. The molecule has 0 aliphatic heterocycles. The fourth-order valence-electron chi connectivity index (χ4n) is 2.58. The number of carboxylic acid groups (broad SMARTS) is 1. The summed E-state index contributed by atoms with van der Waals surface area (Å²) in [5.74, 6) is -0.0577. The van der Waals surface area contributed by atoms with Crippen molar-refractivity contribution in [2.45, 2.75) is 33.1 Å². The molecule has 2 rings (SSSR count). The first-order valence-electron chi connectivity index (χ1n) is 7.73. The summed E-state index contributed by atoms with van der Waals surface area (Å²) in [6.07, 6.45) is 0.629. The summed E-state index contributed by atoms with van der Waals surface area (Å²) in [4.78, 5) is 10.6. The Labute approximate surface area is 146 Å². The Morgan fingerprint density at radius 1 is 1.25 bits per heavy atom. The monoisotopic (exact) mass is 348 g/mol. The highest BCUT2D eigenvalue weighted by molar-refractivity contribution is 6.31. The minimum Gasteiger partial charge on any atom is -0.508 e. The lowest BCUT2D eigenvalue weighted by molar-refractivity contribution is -0.139. The van der Waals surface area contributed by atoms with Gasteiger partial charge in [0.15, 0.2) is 6.61 Å². The van der Waals surface area contributed by atoms with E-state index < -0.39 is 12.6 Å². The fraction of sp³-hybridized carbons (Fsp3) is 0.316. The molecule has 24 heavy (non-hydrogen) atoms. The summed E-state index contributed by atoms with van der Waals surface area (Å²) in [6, 6.07) is 9.00. The summed E-state index contributed by atoms with van der Waals surface area (Å²) in [7, 11) is 0. The smallest absolute Gasteiger partial charge is 0.341 e. The van der Waals surface area contributed by atoms with Crippen LogP contribution in [0.4, 0.5) is 0 Å². The lowest BCUT2D eigenvalue weighted by atomic mass is 9.95. The van der Waals surface area contributed by atoms with Crippen molar-refractivity contribution in [1.29, 1.82) is 0 Å². The van der Waals surface area contributed by atoms with E-state index in [1.54, 1.807) is 18.2 Å². The van der Waals surface area contributed by atoms with Crippen LogP contribution in [-0.2, 0) is 11.2 Å². The zero-order chi connectivity index (χ0) is 17.9. The summed E-state index contributed by atoms with van der Waals surface area (Å²) >= 11 is 6.36. The van der Waals surface area contributed by atoms with Crippen LogP contribution in [0.2, 0.25) is 5.02 Å². The number of hydrogen-bond acceptors (Lipinski definition) is 3. The van der Waals surface area contributed by atoms with E-state index in [1.165, 1.54) is 0 Å². The molecule has 0 unspecified atom stereocenters. The van der Waals surface area contributed by atoms with E-state index in [4.69, 9.17) is 21.4 Å². The van der Waals surface area contributed by atoms with E-state index in [1.807, 2.05) is 32.9 Å². The van der Waals surface area contributed by atoms with Crippen molar-refractivity contribution >= 4 is 17.6 Å². The van der Waals surface area contributed by atoms with Gasteiger partial charge in [0.1, 0.15) is 11.5 Å². The molecule has 5 heteroatoms. The minimum atomic E-state index is -1.03. The Balaban J connectivity index is 2.27. The third kappa shape index (κ3) is 4.42. The number of benzene rings is 2. The molecule has 128 valence electrons. The number of aromatic hydroxyl groups is 1. The third-order valence-corrected chi connectivity index (χ3v) is 4.19. The number of hydrogen-bond donors (Lipinski definition) is 2. The second-order valence-corrected chi connectivity index (χ2v) is 6.51. The van der Waals surface area contributed by atoms with E-state index in [-0.39, 0.29) is 5.92 Å². The van der Waals surface area contributed by atoms with Gasteiger partial charge in [-0.25, -0.2) is 4.79 Å². The van der Waals surface area contributed by atoms with Gasteiger partial charge >= 0.3 is 5.97 Å². The van der Waals surface area contributed by atoms with Crippen molar-refractivity contribution in [3.63, 3.8) is 0 Å². The van der Waals surface area contributed by atoms with Gasteiger partial charge in [-0.15, -0.1) is 0 Å². The van der Waals surface area contributed by atoms with Crippen molar-refractivity contribution in [1.82, 2.24) is 0 Å². The largest absolute Gasteiger partial charge is 0.508 e. The molecule has 2 aromatic rings. The Hall–Kier alpha value is -2.20. The first-order valence-corrected chi connectivity index (χ1v) is 8.11. The quantitative estimate of drug-likeness (QED) is 0.804. The van der Waals surface area contributed by atoms with Crippen LogP contribution in [0.25, 0.3) is 0 Å². The predicted molar refractivity (Wildman–Crippen MR) is 94.3 cm³/mol. The van der Waals surface area contributed by atoms with Crippen molar-refractivity contribution in [2.75, 3.05) is 6.61 Å². The first-order chi connectivity index (χ1) is 11.3. The number of phenolic OH excluding ortho intramolecular Hbond substituents is 1. The predicted octanol–water partition coefficient (Wildman–Crippen LogP) is 4.53. The van der Waals surface area contributed by atoms with Gasteiger partial charge in [0.2, 0.25) is 0 Å². The fourth-order valence-corrected chi connectivity index (χ4v) is 2.90. The zero-order valence-electron chi connectivity index (χ0n) is 14.0. The lowest BCUT2D eigenvalue weighted by Gasteiger charge is -2.14. The van der Waals surface area contributed by atoms with Gasteiger partial charge in [-0.1, -0.05) is 37.6 Å². The van der Waals surface area contributed by atoms with Crippen LogP contribution in [-0.4, -0.2) is 22.8 Å². The molecule has 0 aliphatic rings. The standard InChI is InChI=1S/C19H21ClO4/c1-11(2)15-7-13(4-5-18(15)21)8-16-12(3)6-14(9-17(16)20)24-10-19(22)23/h4-7,9,11,21H,8,10H2,1-3H3,(H,22,23). The maximum Gasteiger partial charge on any atom is 0.341 e. The number of phenols is 1.